The van der Waals surface area contributed by atoms with E-state index in [1.54, 1.807) is 0 Å². The van der Waals surface area contributed by atoms with Crippen molar-refractivity contribution in [1.82, 2.24) is 9.78 Å². The van der Waals surface area contributed by atoms with Crippen molar-refractivity contribution in [2.24, 2.45) is 12.5 Å². The second-order valence-electron chi connectivity index (χ2n) is 4.46. The zero-order valence-electron chi connectivity index (χ0n) is 9.08. The lowest BCUT2D eigenvalue weighted by atomic mass is 9.67. The summed E-state index contributed by atoms with van der Waals surface area (Å²) >= 11 is 0. The zero-order chi connectivity index (χ0) is 10.0. The molecule has 2 rings (SSSR count). The molecule has 3 nitrogen and oxygen atoms in total. The Labute approximate surface area is 85.5 Å². The van der Waals surface area contributed by atoms with Crippen molar-refractivity contribution in [2.45, 2.75) is 32.6 Å². The topological polar surface area (TPSA) is 29.9 Å². The first-order valence-corrected chi connectivity index (χ1v) is 5.47. The van der Waals surface area contributed by atoms with Crippen LogP contribution in [0.4, 0.5) is 5.69 Å². The van der Waals surface area contributed by atoms with E-state index in [0.717, 1.165) is 12.2 Å². The molecule has 3 heteroatoms. The Bertz CT molecular complexity index is 294. The number of nitrogens with one attached hydrogen (secondary N) is 1. The van der Waals surface area contributed by atoms with Crippen LogP contribution in [0, 0.1) is 5.41 Å². The first kappa shape index (κ1) is 9.56. The van der Waals surface area contributed by atoms with E-state index in [1.165, 1.54) is 25.7 Å². The van der Waals surface area contributed by atoms with Crippen LogP contribution in [-0.2, 0) is 7.05 Å². The fourth-order valence-electron chi connectivity index (χ4n) is 2.13. The Hall–Kier alpha value is -0.990. The highest BCUT2D eigenvalue weighted by atomic mass is 15.3. The highest BCUT2D eigenvalue weighted by Gasteiger charge is 2.34. The fraction of sp³-hybridized carbons (Fsp3) is 0.727. The second kappa shape index (κ2) is 3.64. The highest BCUT2D eigenvalue weighted by Crippen LogP contribution is 2.43. The average molecular weight is 193 g/mol. The van der Waals surface area contributed by atoms with Crippen molar-refractivity contribution in [3.05, 3.63) is 12.4 Å². The molecule has 1 aromatic heterocycles. The van der Waals surface area contributed by atoms with Gasteiger partial charge in [-0.25, -0.2) is 0 Å². The van der Waals surface area contributed by atoms with Gasteiger partial charge >= 0.3 is 0 Å². The van der Waals surface area contributed by atoms with E-state index in [1.807, 2.05) is 24.1 Å². The standard InChI is InChI=1S/C11H19N3/c1-3-11(5-4-6-11)9-12-10-7-13-14(2)8-10/h7-8,12H,3-6,9H2,1-2H3. The van der Waals surface area contributed by atoms with Gasteiger partial charge in [0.1, 0.15) is 0 Å². The summed E-state index contributed by atoms with van der Waals surface area (Å²) in [7, 11) is 1.95. The minimum atomic E-state index is 0.579. The number of hydrogen-bond donors (Lipinski definition) is 1. The van der Waals surface area contributed by atoms with Gasteiger partial charge < -0.3 is 5.32 Å². The van der Waals surface area contributed by atoms with E-state index in [9.17, 15) is 0 Å². The summed E-state index contributed by atoms with van der Waals surface area (Å²) < 4.78 is 1.84. The van der Waals surface area contributed by atoms with E-state index >= 15 is 0 Å². The summed E-state index contributed by atoms with van der Waals surface area (Å²) in [5, 5.41) is 7.62. The van der Waals surface area contributed by atoms with Crippen molar-refractivity contribution in [3.63, 3.8) is 0 Å². The molecule has 1 aliphatic carbocycles. The van der Waals surface area contributed by atoms with E-state index in [2.05, 4.69) is 17.3 Å². The summed E-state index contributed by atoms with van der Waals surface area (Å²) in [6.45, 7) is 3.40. The van der Waals surface area contributed by atoms with Crippen LogP contribution in [-0.4, -0.2) is 16.3 Å². The van der Waals surface area contributed by atoms with Crippen LogP contribution in [0.15, 0.2) is 12.4 Å². The molecule has 0 aliphatic heterocycles. The quantitative estimate of drug-likeness (QED) is 0.795. The summed E-state index contributed by atoms with van der Waals surface area (Å²) in [5.41, 5.74) is 1.72. The molecule has 0 amide bonds. The van der Waals surface area contributed by atoms with Crippen LogP contribution >= 0.6 is 0 Å². The van der Waals surface area contributed by atoms with Gasteiger partial charge in [0.15, 0.2) is 0 Å². The van der Waals surface area contributed by atoms with Gasteiger partial charge in [-0.15, -0.1) is 0 Å². The average Bonchev–Trinajstić information content (AvgIpc) is 2.50. The fourth-order valence-corrected chi connectivity index (χ4v) is 2.13. The summed E-state index contributed by atoms with van der Waals surface area (Å²) in [6.07, 6.45) is 9.39. The van der Waals surface area contributed by atoms with Gasteiger partial charge in [0, 0.05) is 19.8 Å². The second-order valence-corrected chi connectivity index (χ2v) is 4.46. The maximum atomic E-state index is 4.14. The molecule has 1 N–H and O–H groups in total. The molecule has 0 aromatic carbocycles. The van der Waals surface area contributed by atoms with Crippen molar-refractivity contribution in [1.29, 1.82) is 0 Å². The van der Waals surface area contributed by atoms with Gasteiger partial charge in [0.2, 0.25) is 0 Å². The molecule has 0 spiro atoms. The van der Waals surface area contributed by atoms with Crippen LogP contribution < -0.4 is 5.32 Å². The van der Waals surface area contributed by atoms with Gasteiger partial charge in [-0.1, -0.05) is 13.3 Å². The third-order valence-electron chi connectivity index (χ3n) is 3.54. The van der Waals surface area contributed by atoms with Crippen LogP contribution in [0.3, 0.4) is 0 Å². The molecule has 1 heterocycles. The van der Waals surface area contributed by atoms with Gasteiger partial charge in [0.25, 0.3) is 0 Å². The molecule has 0 radical (unpaired) electrons. The molecule has 0 bridgehead atoms. The first-order chi connectivity index (χ1) is 6.74. The molecule has 1 aromatic rings. The predicted molar refractivity (Wildman–Crippen MR) is 58.3 cm³/mol. The number of aryl methyl sites for hydroxylation is 1. The third-order valence-corrected chi connectivity index (χ3v) is 3.54. The molecule has 0 unspecified atom stereocenters. The lowest BCUT2D eigenvalue weighted by Gasteiger charge is -2.41. The van der Waals surface area contributed by atoms with Crippen LogP contribution in [0.25, 0.3) is 0 Å². The van der Waals surface area contributed by atoms with E-state index in [4.69, 9.17) is 0 Å². The molecule has 0 saturated heterocycles. The molecule has 78 valence electrons. The lowest BCUT2D eigenvalue weighted by Crippen LogP contribution is -2.35. The third kappa shape index (κ3) is 1.76. The van der Waals surface area contributed by atoms with Crippen LogP contribution in [0.5, 0.6) is 0 Å². The summed E-state index contributed by atoms with van der Waals surface area (Å²) in [6, 6.07) is 0. The largest absolute Gasteiger partial charge is 0.382 e. The molecule has 1 aliphatic rings. The maximum absolute atomic E-state index is 4.14. The van der Waals surface area contributed by atoms with E-state index in [0.29, 0.717) is 5.41 Å². The molecule has 1 fully saturated rings. The molecular weight excluding hydrogens is 174 g/mol. The van der Waals surface area contributed by atoms with E-state index < -0.39 is 0 Å². The van der Waals surface area contributed by atoms with Gasteiger partial charge in [-0.05, 0) is 24.7 Å². The Kier molecular flexibility index (Phi) is 2.48. The van der Waals surface area contributed by atoms with E-state index in [-0.39, 0.29) is 0 Å². The number of aromatic nitrogens is 2. The summed E-state index contributed by atoms with van der Waals surface area (Å²) in [4.78, 5) is 0. The Morgan fingerprint density at radius 2 is 2.36 bits per heavy atom. The Balaban J connectivity index is 1.87. The van der Waals surface area contributed by atoms with Gasteiger partial charge in [-0.2, -0.15) is 5.10 Å². The molecule has 0 atom stereocenters. The van der Waals surface area contributed by atoms with Gasteiger partial charge in [-0.3, -0.25) is 4.68 Å². The normalized spacial score (nSPS) is 19.0. The molecule has 1 saturated carbocycles. The Morgan fingerprint density at radius 1 is 1.57 bits per heavy atom. The predicted octanol–water partition coefficient (Wildman–Crippen LogP) is 2.41. The Morgan fingerprint density at radius 3 is 2.79 bits per heavy atom. The minimum Gasteiger partial charge on any atom is -0.382 e. The van der Waals surface area contributed by atoms with Crippen LogP contribution in [0.2, 0.25) is 0 Å². The number of rotatable bonds is 4. The summed E-state index contributed by atoms with van der Waals surface area (Å²) in [5.74, 6) is 0. The minimum absolute atomic E-state index is 0.579. The number of nitrogens with zero attached hydrogens (tertiary/aromatic N) is 2. The monoisotopic (exact) mass is 193 g/mol. The number of hydrogen-bond acceptors (Lipinski definition) is 2. The van der Waals surface area contributed by atoms with Crippen molar-refractivity contribution >= 4 is 5.69 Å². The number of anilines is 1. The molecular formula is C11H19N3. The van der Waals surface area contributed by atoms with Crippen LogP contribution in [0.1, 0.15) is 32.6 Å². The van der Waals surface area contributed by atoms with Gasteiger partial charge in [0.05, 0.1) is 11.9 Å². The lowest BCUT2D eigenvalue weighted by molar-refractivity contribution is 0.145. The van der Waals surface area contributed by atoms with Crippen molar-refractivity contribution in [3.8, 4) is 0 Å². The highest BCUT2D eigenvalue weighted by molar-refractivity contribution is 5.38. The first-order valence-electron chi connectivity index (χ1n) is 5.47. The van der Waals surface area contributed by atoms with Crippen molar-refractivity contribution < 1.29 is 0 Å². The zero-order valence-corrected chi connectivity index (χ0v) is 9.08. The maximum Gasteiger partial charge on any atom is 0.0726 e. The van der Waals surface area contributed by atoms with Crippen molar-refractivity contribution in [2.75, 3.05) is 11.9 Å². The molecule has 14 heavy (non-hydrogen) atoms. The SMILES string of the molecule is CCC1(CNc2cnn(C)c2)CCC1. The smallest absolute Gasteiger partial charge is 0.0726 e.